The number of ketones is 1. The smallest absolute Gasteiger partial charge is 0.240 e. The van der Waals surface area contributed by atoms with Gasteiger partial charge in [0.05, 0.1) is 24.7 Å². The lowest BCUT2D eigenvalue weighted by Gasteiger charge is -2.20. The van der Waals surface area contributed by atoms with Gasteiger partial charge < -0.3 is 32.5 Å². The molecule has 3 atom stereocenters. The number of nitrogens with one attached hydrogen (secondary N) is 3. The minimum Gasteiger partial charge on any atom is -0.508 e. The van der Waals surface area contributed by atoms with E-state index in [4.69, 9.17) is 23.1 Å². The fourth-order valence-electron chi connectivity index (χ4n) is 3.52. The molecule has 8 N–H and O–H groups in total. The van der Waals surface area contributed by atoms with Crippen LogP contribution in [-0.4, -0.2) is 59.8 Å². The summed E-state index contributed by atoms with van der Waals surface area (Å²) in [7, 11) is 0. The molecule has 0 aliphatic carbocycles. The predicted molar refractivity (Wildman–Crippen MR) is 137 cm³/mol. The number of aromatic hydroxyl groups is 1. The average Bonchev–Trinajstić information content (AvgIpc) is 2.82. The van der Waals surface area contributed by atoms with Crippen LogP contribution in [0.3, 0.4) is 0 Å². The van der Waals surface area contributed by atoms with Gasteiger partial charge in [-0.05, 0) is 61.3 Å². The summed E-state index contributed by atoms with van der Waals surface area (Å²) in [6.45, 7) is 3.50. The first kappa shape index (κ1) is 28.8. The van der Waals surface area contributed by atoms with Crippen molar-refractivity contribution in [1.29, 1.82) is 0 Å². The molecule has 0 unspecified atom stereocenters. The standard InChI is InChI=1S/C25H32ClN5O5/c1-3-29-21(24(28)35)11-16-8-17(12-18(26)9-16)23(34)20(10-15-4-6-19(32)7-5-15)31-22(33)13-30-25(36)14(2)27/h4-9,12,14,20-21,29,32H,3,10-11,13,27H2,1-2H3,(H2,28,35)(H,30,36)(H,31,33)/t14-,20+,21+/m1/s1. The third-order valence-corrected chi connectivity index (χ3v) is 5.56. The highest BCUT2D eigenvalue weighted by molar-refractivity contribution is 6.31. The number of phenols is 1. The predicted octanol–water partition coefficient (Wildman–Crippen LogP) is 0.425. The second-order valence-corrected chi connectivity index (χ2v) is 8.86. The van der Waals surface area contributed by atoms with Crippen LogP contribution in [0.4, 0.5) is 0 Å². The van der Waals surface area contributed by atoms with Crippen LogP contribution in [0.25, 0.3) is 0 Å². The van der Waals surface area contributed by atoms with Crippen molar-refractivity contribution in [3.63, 3.8) is 0 Å². The number of hydrogen-bond donors (Lipinski definition) is 6. The minimum atomic E-state index is -0.999. The Hall–Kier alpha value is -3.47. The molecule has 3 amide bonds. The lowest BCUT2D eigenvalue weighted by molar-refractivity contribution is -0.126. The van der Waals surface area contributed by atoms with E-state index in [9.17, 15) is 24.3 Å². The second kappa shape index (κ2) is 13.6. The fourth-order valence-corrected chi connectivity index (χ4v) is 3.78. The summed E-state index contributed by atoms with van der Waals surface area (Å²) < 4.78 is 0. The summed E-state index contributed by atoms with van der Waals surface area (Å²) in [5, 5.41) is 17.9. The molecule has 0 fully saturated rings. The first-order valence-corrected chi connectivity index (χ1v) is 11.8. The lowest BCUT2D eigenvalue weighted by atomic mass is 9.95. The van der Waals surface area contributed by atoms with Crippen LogP contribution in [0.2, 0.25) is 5.02 Å². The summed E-state index contributed by atoms with van der Waals surface area (Å²) in [4.78, 5) is 49.5. The third kappa shape index (κ3) is 8.95. The minimum absolute atomic E-state index is 0.0634. The van der Waals surface area contributed by atoms with Crippen LogP contribution < -0.4 is 27.4 Å². The van der Waals surface area contributed by atoms with Crippen LogP contribution in [0.15, 0.2) is 42.5 Å². The number of likely N-dealkylation sites (N-methyl/N-ethyl adjacent to an activating group) is 1. The molecule has 0 heterocycles. The van der Waals surface area contributed by atoms with Crippen molar-refractivity contribution in [3.8, 4) is 5.75 Å². The first-order chi connectivity index (χ1) is 17.0. The number of nitrogens with two attached hydrogens (primary N) is 2. The molecule has 0 saturated carbocycles. The van der Waals surface area contributed by atoms with E-state index in [0.29, 0.717) is 17.7 Å². The fraction of sp³-hybridized carbons (Fsp3) is 0.360. The molecule has 10 nitrogen and oxygen atoms in total. The Balaban J connectivity index is 2.30. The van der Waals surface area contributed by atoms with E-state index >= 15 is 0 Å². The molecule has 11 heteroatoms. The Kier molecular flexibility index (Phi) is 10.8. The van der Waals surface area contributed by atoms with E-state index in [1.807, 2.05) is 6.92 Å². The summed E-state index contributed by atoms with van der Waals surface area (Å²) in [6, 6.07) is 8.52. The van der Waals surface area contributed by atoms with Crippen molar-refractivity contribution in [3.05, 3.63) is 64.2 Å². The van der Waals surface area contributed by atoms with Crippen LogP contribution >= 0.6 is 11.6 Å². The van der Waals surface area contributed by atoms with Gasteiger partial charge in [-0.3, -0.25) is 19.2 Å². The molecule has 0 bridgehead atoms. The molecular formula is C25H32ClN5O5. The van der Waals surface area contributed by atoms with Crippen molar-refractivity contribution in [2.75, 3.05) is 13.1 Å². The molecule has 194 valence electrons. The van der Waals surface area contributed by atoms with Crippen molar-refractivity contribution in [2.45, 2.75) is 44.8 Å². The molecule has 2 aromatic rings. The lowest BCUT2D eigenvalue weighted by Crippen LogP contribution is -2.48. The van der Waals surface area contributed by atoms with Gasteiger partial charge in [-0.1, -0.05) is 30.7 Å². The van der Waals surface area contributed by atoms with Gasteiger partial charge in [-0.25, -0.2) is 0 Å². The first-order valence-electron chi connectivity index (χ1n) is 11.5. The van der Waals surface area contributed by atoms with Crippen LogP contribution in [0.5, 0.6) is 5.75 Å². The summed E-state index contributed by atoms with van der Waals surface area (Å²) in [5.74, 6) is -1.97. The quantitative estimate of drug-likeness (QED) is 0.208. The van der Waals surface area contributed by atoms with Gasteiger partial charge in [0.15, 0.2) is 5.78 Å². The summed E-state index contributed by atoms with van der Waals surface area (Å²) in [5.41, 5.74) is 12.5. The maximum absolute atomic E-state index is 13.5. The largest absolute Gasteiger partial charge is 0.508 e. The molecule has 0 aliphatic heterocycles. The zero-order valence-electron chi connectivity index (χ0n) is 20.2. The zero-order valence-corrected chi connectivity index (χ0v) is 21.0. The highest BCUT2D eigenvalue weighted by Gasteiger charge is 2.25. The molecule has 2 aromatic carbocycles. The number of carbonyl (C=O) groups is 4. The van der Waals surface area contributed by atoms with E-state index in [1.165, 1.54) is 25.1 Å². The summed E-state index contributed by atoms with van der Waals surface area (Å²) in [6.07, 6.45) is 0.345. The number of Topliss-reactive ketones (excluding diaryl/α,β-unsaturated/α-hetero) is 1. The average molecular weight is 518 g/mol. The topological polar surface area (TPSA) is 177 Å². The van der Waals surface area contributed by atoms with Crippen molar-refractivity contribution in [2.24, 2.45) is 11.5 Å². The van der Waals surface area contributed by atoms with Crippen LogP contribution in [0, 0.1) is 0 Å². The van der Waals surface area contributed by atoms with E-state index in [2.05, 4.69) is 16.0 Å². The van der Waals surface area contributed by atoms with Gasteiger partial charge in [-0.2, -0.15) is 0 Å². The molecule has 0 radical (unpaired) electrons. The molecule has 0 spiro atoms. The molecule has 2 rings (SSSR count). The number of phenolic OH excluding ortho intramolecular Hbond substituents is 1. The summed E-state index contributed by atoms with van der Waals surface area (Å²) >= 11 is 6.27. The number of hydrogen-bond acceptors (Lipinski definition) is 7. The zero-order chi connectivity index (χ0) is 26.8. The van der Waals surface area contributed by atoms with Gasteiger partial charge >= 0.3 is 0 Å². The van der Waals surface area contributed by atoms with Gasteiger partial charge in [0.2, 0.25) is 17.7 Å². The van der Waals surface area contributed by atoms with Gasteiger partial charge in [0.1, 0.15) is 5.75 Å². The van der Waals surface area contributed by atoms with Gasteiger partial charge in [0, 0.05) is 17.0 Å². The Morgan fingerprint density at radius 2 is 1.64 bits per heavy atom. The number of halogens is 1. The second-order valence-electron chi connectivity index (χ2n) is 8.43. The normalized spacial score (nSPS) is 13.3. The maximum atomic E-state index is 13.5. The molecule has 36 heavy (non-hydrogen) atoms. The third-order valence-electron chi connectivity index (χ3n) is 5.34. The molecule has 0 saturated heterocycles. The Labute approximate surface area is 214 Å². The van der Waals surface area contributed by atoms with E-state index < -0.39 is 41.6 Å². The Bertz CT molecular complexity index is 1090. The SMILES string of the molecule is CCN[C@@H](Cc1cc(Cl)cc(C(=O)[C@H](Cc2ccc(O)cc2)NC(=O)CNC(=O)[C@@H](C)N)c1)C(N)=O. The Morgan fingerprint density at radius 3 is 2.22 bits per heavy atom. The van der Waals surface area contributed by atoms with Gasteiger partial charge in [-0.15, -0.1) is 0 Å². The van der Waals surface area contributed by atoms with Crippen molar-refractivity contribution < 1.29 is 24.3 Å². The van der Waals surface area contributed by atoms with E-state index in [1.54, 1.807) is 24.3 Å². The monoisotopic (exact) mass is 517 g/mol. The highest BCUT2D eigenvalue weighted by atomic mass is 35.5. The van der Waals surface area contributed by atoms with Crippen molar-refractivity contribution >= 4 is 35.1 Å². The van der Waals surface area contributed by atoms with Crippen LogP contribution in [-0.2, 0) is 27.2 Å². The number of rotatable bonds is 13. The molecular weight excluding hydrogens is 486 g/mol. The molecule has 0 aliphatic rings. The maximum Gasteiger partial charge on any atom is 0.240 e. The number of carbonyl (C=O) groups excluding carboxylic acids is 4. The van der Waals surface area contributed by atoms with Crippen LogP contribution in [0.1, 0.15) is 35.3 Å². The van der Waals surface area contributed by atoms with E-state index in [-0.39, 0.29) is 35.7 Å². The molecule has 0 aromatic heterocycles. The highest BCUT2D eigenvalue weighted by Crippen LogP contribution is 2.20. The van der Waals surface area contributed by atoms with Gasteiger partial charge in [0.25, 0.3) is 0 Å². The number of primary amides is 1. The van der Waals surface area contributed by atoms with Crippen molar-refractivity contribution in [1.82, 2.24) is 16.0 Å². The van der Waals surface area contributed by atoms with E-state index in [0.717, 1.165) is 0 Å². The number of benzene rings is 2. The number of amides is 3. The Morgan fingerprint density at radius 1 is 1.00 bits per heavy atom.